The molecule has 0 radical (unpaired) electrons. The predicted molar refractivity (Wildman–Crippen MR) is 194 cm³/mol. The molecule has 3 heterocycles. The Morgan fingerprint density at radius 1 is 0.746 bits per heavy atom. The van der Waals surface area contributed by atoms with Crippen molar-refractivity contribution in [1.29, 1.82) is 0 Å². The lowest BCUT2D eigenvalue weighted by Crippen LogP contribution is -2.65. The summed E-state index contributed by atoms with van der Waals surface area (Å²) in [5, 5.41) is 103. The molecular weight excluding hydrogens is 792 g/mol. The average molecular weight is 843 g/mol. The molecule has 10 N–H and O–H groups in total. The quantitative estimate of drug-likeness (QED) is 0.0646. The zero-order valence-corrected chi connectivity index (χ0v) is 32.1. The Kier molecular flexibility index (Phi) is 15.8. The fourth-order valence-electron chi connectivity index (χ4n) is 6.48. The topological polar surface area (TPSA) is 320 Å². The summed E-state index contributed by atoms with van der Waals surface area (Å²) < 4.78 is 50.2. The molecule has 0 unspecified atom stereocenters. The number of phenolic OH excluding ortho intramolecular Hbond substituents is 2. The van der Waals surface area contributed by atoms with Crippen LogP contribution in [0.2, 0.25) is 0 Å². The van der Waals surface area contributed by atoms with Crippen molar-refractivity contribution in [2.24, 2.45) is 0 Å². The number of benzene rings is 2. The SMILES string of the molecule is COc1cc(CCO[C@@H]2O[C@H](COC(=O)/C=C/c3ccc(O)c(O[C@@H]4O[C@H](CO)[C@@H](O)[C@H](O)[C@H]4O)c3)[C@@H](O)[C@H](O[C@@H]3O[C@@H](C)[C@H](O)[C@@H](O)[C@H]3O)[C@H]2OC(C)=O)ccc1O. The van der Waals surface area contributed by atoms with Crippen molar-refractivity contribution >= 4 is 18.0 Å². The normalized spacial score (nSPS) is 34.9. The molecule has 3 saturated heterocycles. The molecule has 0 amide bonds. The molecule has 3 aliphatic heterocycles. The number of hydrogen-bond acceptors (Lipinski definition) is 21. The molecule has 328 valence electrons. The summed E-state index contributed by atoms with van der Waals surface area (Å²) in [6.45, 7) is 1.05. The number of rotatable bonds is 15. The number of carbonyl (C=O) groups excluding carboxylic acids is 2. The standard InChI is InChI=1S/C38H50O21/c1-16-27(44)30(47)32(49)36(54-16)59-34-29(46)25(58-38(35(34)55-17(2)40)52-11-10-19-5-7-20(41)22(12-19)51-3)15-53-26(43)9-6-18-4-8-21(42)23(13-18)56-37-33(50)31(48)28(45)24(14-39)57-37/h4-9,12-13,16,24-25,27-39,41-42,44-50H,10-11,14-15H2,1-3H3/b9-6+/t16-,24+,25+,27-,28+,29+,30+,31-,32+,33+,34-,35+,36-,37+,38+/m0/s1. The van der Waals surface area contributed by atoms with Crippen LogP contribution in [0.25, 0.3) is 6.08 Å². The first-order valence-electron chi connectivity index (χ1n) is 18.5. The average Bonchev–Trinajstić information content (AvgIpc) is 3.21. The predicted octanol–water partition coefficient (Wildman–Crippen LogP) is -2.67. The Balaban J connectivity index is 1.30. The van der Waals surface area contributed by atoms with E-state index in [9.17, 15) is 60.7 Å². The number of methoxy groups -OCH3 is 1. The van der Waals surface area contributed by atoms with Crippen molar-refractivity contribution in [2.45, 2.75) is 112 Å². The second-order valence-corrected chi connectivity index (χ2v) is 14.0. The van der Waals surface area contributed by atoms with Gasteiger partial charge in [0.05, 0.1) is 26.4 Å². The molecule has 0 bridgehead atoms. The van der Waals surface area contributed by atoms with Crippen LogP contribution in [0, 0.1) is 0 Å². The van der Waals surface area contributed by atoms with Crippen LogP contribution in [0.1, 0.15) is 25.0 Å². The highest BCUT2D eigenvalue weighted by atomic mass is 16.8. The second kappa shape index (κ2) is 20.4. The Morgan fingerprint density at radius 3 is 2.10 bits per heavy atom. The van der Waals surface area contributed by atoms with Crippen LogP contribution in [-0.4, -0.2) is 182 Å². The van der Waals surface area contributed by atoms with E-state index in [-0.39, 0.29) is 35.8 Å². The minimum atomic E-state index is -1.82. The molecule has 3 fully saturated rings. The molecule has 21 heteroatoms. The summed E-state index contributed by atoms with van der Waals surface area (Å²) in [7, 11) is 1.38. The van der Waals surface area contributed by atoms with Crippen LogP contribution in [0.5, 0.6) is 23.0 Å². The van der Waals surface area contributed by atoms with E-state index < -0.39 is 123 Å². The number of esters is 2. The van der Waals surface area contributed by atoms with Gasteiger partial charge in [0, 0.05) is 13.0 Å². The number of hydrogen-bond donors (Lipinski definition) is 10. The molecule has 0 aromatic heterocycles. The Bertz CT molecular complexity index is 1740. The van der Waals surface area contributed by atoms with Crippen LogP contribution in [0.3, 0.4) is 0 Å². The molecule has 15 atom stereocenters. The highest BCUT2D eigenvalue weighted by molar-refractivity contribution is 5.87. The molecule has 0 spiro atoms. The second-order valence-electron chi connectivity index (χ2n) is 14.0. The minimum Gasteiger partial charge on any atom is -0.504 e. The molecule has 0 saturated carbocycles. The summed E-state index contributed by atoms with van der Waals surface area (Å²) in [5.74, 6) is -2.34. The van der Waals surface area contributed by atoms with Gasteiger partial charge in [-0.3, -0.25) is 4.79 Å². The maximum atomic E-state index is 12.9. The van der Waals surface area contributed by atoms with Gasteiger partial charge in [0.25, 0.3) is 0 Å². The maximum absolute atomic E-state index is 12.9. The van der Waals surface area contributed by atoms with E-state index in [1.807, 2.05) is 0 Å². The highest BCUT2D eigenvalue weighted by Gasteiger charge is 2.53. The lowest BCUT2D eigenvalue weighted by atomic mass is 9.97. The van der Waals surface area contributed by atoms with Crippen molar-refractivity contribution in [1.82, 2.24) is 0 Å². The van der Waals surface area contributed by atoms with E-state index in [4.69, 9.17) is 42.6 Å². The first-order valence-corrected chi connectivity index (χ1v) is 18.5. The van der Waals surface area contributed by atoms with E-state index >= 15 is 0 Å². The van der Waals surface area contributed by atoms with Gasteiger partial charge in [-0.05, 0) is 54.8 Å². The number of aromatic hydroxyl groups is 2. The third-order valence-electron chi connectivity index (χ3n) is 9.81. The molecule has 2 aromatic rings. The van der Waals surface area contributed by atoms with Gasteiger partial charge >= 0.3 is 11.9 Å². The Labute approximate surface area is 337 Å². The van der Waals surface area contributed by atoms with Gasteiger partial charge in [0.15, 0.2) is 41.7 Å². The summed E-state index contributed by atoms with van der Waals surface area (Å²) >= 11 is 0. The van der Waals surface area contributed by atoms with E-state index in [1.165, 1.54) is 44.4 Å². The van der Waals surface area contributed by atoms with E-state index in [1.54, 1.807) is 12.1 Å². The molecule has 21 nitrogen and oxygen atoms in total. The monoisotopic (exact) mass is 842 g/mol. The Hall–Kier alpha value is -4.20. The molecule has 0 aliphatic carbocycles. The van der Waals surface area contributed by atoms with Gasteiger partial charge in [-0.1, -0.05) is 12.1 Å². The minimum absolute atomic E-state index is 0.0864. The van der Waals surface area contributed by atoms with E-state index in [0.29, 0.717) is 5.56 Å². The first kappa shape index (κ1) is 45.9. The fraction of sp³-hybridized carbons (Fsp3) is 0.579. The molecule has 5 rings (SSSR count). The van der Waals surface area contributed by atoms with Crippen LogP contribution in [0.4, 0.5) is 0 Å². The van der Waals surface area contributed by atoms with Gasteiger partial charge in [-0.25, -0.2) is 4.79 Å². The number of phenols is 2. The summed E-state index contributed by atoms with van der Waals surface area (Å²) in [6.07, 6.45) is -21.0. The molecular formula is C38H50O21. The van der Waals surface area contributed by atoms with E-state index in [0.717, 1.165) is 13.0 Å². The van der Waals surface area contributed by atoms with Crippen molar-refractivity contribution in [3.63, 3.8) is 0 Å². The summed E-state index contributed by atoms with van der Waals surface area (Å²) in [4.78, 5) is 25.2. The third kappa shape index (κ3) is 11.1. The first-order chi connectivity index (χ1) is 28.0. The lowest BCUT2D eigenvalue weighted by Gasteiger charge is -2.46. The van der Waals surface area contributed by atoms with Crippen LogP contribution in [0.15, 0.2) is 42.5 Å². The largest absolute Gasteiger partial charge is 0.504 e. The molecule has 2 aromatic carbocycles. The van der Waals surface area contributed by atoms with Gasteiger partial charge in [0.1, 0.15) is 67.6 Å². The van der Waals surface area contributed by atoms with Gasteiger partial charge in [-0.15, -0.1) is 0 Å². The van der Waals surface area contributed by atoms with Crippen molar-refractivity contribution in [3.8, 4) is 23.0 Å². The molecule has 3 aliphatic rings. The summed E-state index contributed by atoms with van der Waals surface area (Å²) in [5.41, 5.74) is 0.935. The van der Waals surface area contributed by atoms with E-state index in [2.05, 4.69) is 0 Å². The van der Waals surface area contributed by atoms with Crippen molar-refractivity contribution in [2.75, 3.05) is 26.9 Å². The van der Waals surface area contributed by atoms with Gasteiger partial charge in [-0.2, -0.15) is 0 Å². The van der Waals surface area contributed by atoms with Gasteiger partial charge < -0.3 is 93.7 Å². The van der Waals surface area contributed by atoms with Crippen molar-refractivity contribution < 1.29 is 103 Å². The lowest BCUT2D eigenvalue weighted by molar-refractivity contribution is -0.357. The third-order valence-corrected chi connectivity index (χ3v) is 9.81. The fourth-order valence-corrected chi connectivity index (χ4v) is 6.48. The summed E-state index contributed by atoms with van der Waals surface area (Å²) in [6, 6.07) is 8.45. The zero-order valence-electron chi connectivity index (χ0n) is 32.1. The number of carbonyl (C=O) groups is 2. The number of ether oxygens (including phenoxy) is 9. The van der Waals surface area contributed by atoms with Crippen LogP contribution >= 0.6 is 0 Å². The smallest absolute Gasteiger partial charge is 0.330 e. The highest BCUT2D eigenvalue weighted by Crippen LogP contribution is 2.34. The Morgan fingerprint density at radius 2 is 1.41 bits per heavy atom. The number of aliphatic hydroxyl groups is 8. The maximum Gasteiger partial charge on any atom is 0.330 e. The van der Waals surface area contributed by atoms with Gasteiger partial charge in [0.2, 0.25) is 6.29 Å². The zero-order chi connectivity index (χ0) is 43.1. The number of aliphatic hydroxyl groups excluding tert-OH is 8. The van der Waals surface area contributed by atoms with Crippen LogP contribution in [-0.2, 0) is 49.2 Å². The van der Waals surface area contributed by atoms with Crippen molar-refractivity contribution in [3.05, 3.63) is 53.6 Å². The van der Waals surface area contributed by atoms with Crippen LogP contribution < -0.4 is 9.47 Å². The molecule has 59 heavy (non-hydrogen) atoms.